The minimum Gasteiger partial charge on any atom is -0.378 e. The van der Waals surface area contributed by atoms with Crippen LogP contribution in [0.25, 0.3) is 22.2 Å². The molecule has 0 aliphatic carbocycles. The van der Waals surface area contributed by atoms with E-state index in [2.05, 4.69) is 32.2 Å². The minimum atomic E-state index is 0.744. The number of anilines is 1. The van der Waals surface area contributed by atoms with E-state index in [1.54, 1.807) is 0 Å². The Balaban J connectivity index is 1.76. The normalized spacial score (nSPS) is 15.4. The number of rotatable bonds is 2. The van der Waals surface area contributed by atoms with Crippen molar-refractivity contribution in [2.45, 2.75) is 6.92 Å². The zero-order valence-electron chi connectivity index (χ0n) is 12.4. The van der Waals surface area contributed by atoms with Gasteiger partial charge in [0.25, 0.3) is 0 Å². The third kappa shape index (κ3) is 2.31. The van der Waals surface area contributed by atoms with Gasteiger partial charge in [-0.25, -0.2) is 4.98 Å². The molecule has 3 heterocycles. The molecule has 0 amide bonds. The highest BCUT2D eigenvalue weighted by atomic mass is 16.5. The van der Waals surface area contributed by atoms with Crippen LogP contribution in [0.4, 0.5) is 5.82 Å². The number of nitrogens with one attached hydrogen (secondary N) is 1. The molecule has 1 saturated heterocycles. The summed E-state index contributed by atoms with van der Waals surface area (Å²) in [5, 5.41) is 7.08. The first-order valence-corrected chi connectivity index (χ1v) is 7.41. The van der Waals surface area contributed by atoms with Gasteiger partial charge in [0, 0.05) is 24.8 Å². The van der Waals surface area contributed by atoms with Crippen molar-refractivity contribution in [3.63, 3.8) is 0 Å². The van der Waals surface area contributed by atoms with Gasteiger partial charge in [-0.3, -0.25) is 10.1 Å². The fourth-order valence-electron chi connectivity index (χ4n) is 2.76. The first kappa shape index (κ1) is 13.2. The maximum atomic E-state index is 5.39. The van der Waals surface area contributed by atoms with E-state index in [1.807, 2.05) is 25.4 Å². The Kier molecular flexibility index (Phi) is 3.23. The number of hydrogen-bond donors (Lipinski definition) is 1. The molecule has 6 heteroatoms. The van der Waals surface area contributed by atoms with Crippen LogP contribution in [0.15, 0.2) is 30.6 Å². The number of ether oxygens (including phenoxy) is 1. The average Bonchev–Trinajstić information content (AvgIpc) is 3.01. The summed E-state index contributed by atoms with van der Waals surface area (Å²) in [6.07, 6.45) is 3.76. The second-order valence-electron chi connectivity index (χ2n) is 5.42. The highest BCUT2D eigenvalue weighted by molar-refractivity contribution is 5.82. The molecule has 112 valence electrons. The molecule has 1 N–H and O–H groups in total. The Morgan fingerprint density at radius 3 is 2.82 bits per heavy atom. The van der Waals surface area contributed by atoms with Crippen molar-refractivity contribution in [2.24, 2.45) is 0 Å². The topological polar surface area (TPSA) is 66.9 Å². The zero-order chi connectivity index (χ0) is 14.9. The lowest BCUT2D eigenvalue weighted by molar-refractivity contribution is 0.122. The number of aryl methyl sites for hydroxylation is 1. The van der Waals surface area contributed by atoms with E-state index in [1.165, 1.54) is 0 Å². The van der Waals surface area contributed by atoms with Crippen LogP contribution in [-0.2, 0) is 4.74 Å². The number of morpholine rings is 1. The molecule has 0 unspecified atom stereocenters. The Hall–Kier alpha value is -2.47. The third-order valence-corrected chi connectivity index (χ3v) is 4.01. The molecule has 1 aliphatic heterocycles. The van der Waals surface area contributed by atoms with Crippen LogP contribution in [0, 0.1) is 6.92 Å². The Bertz CT molecular complexity index is 807. The summed E-state index contributed by atoms with van der Waals surface area (Å²) in [4.78, 5) is 11.5. The number of aromatic amines is 1. The molecule has 0 atom stereocenters. The smallest absolute Gasteiger partial charge is 0.148 e. The van der Waals surface area contributed by atoms with Gasteiger partial charge < -0.3 is 9.64 Å². The molecule has 2 aromatic heterocycles. The van der Waals surface area contributed by atoms with Crippen molar-refractivity contribution in [1.82, 2.24) is 20.2 Å². The highest BCUT2D eigenvalue weighted by Crippen LogP contribution is 2.25. The number of fused-ring (bicyclic) bond motifs is 1. The van der Waals surface area contributed by atoms with Crippen molar-refractivity contribution >= 4 is 16.9 Å². The predicted octanol–water partition coefficient (Wildman–Crippen LogP) is 2.16. The van der Waals surface area contributed by atoms with E-state index in [4.69, 9.17) is 9.72 Å². The van der Waals surface area contributed by atoms with E-state index < -0.39 is 0 Å². The summed E-state index contributed by atoms with van der Waals surface area (Å²) >= 11 is 0. The number of hydrogen-bond acceptors (Lipinski definition) is 5. The lowest BCUT2D eigenvalue weighted by Gasteiger charge is -2.27. The predicted molar refractivity (Wildman–Crippen MR) is 84.9 cm³/mol. The van der Waals surface area contributed by atoms with Crippen molar-refractivity contribution in [3.05, 3.63) is 36.3 Å². The largest absolute Gasteiger partial charge is 0.378 e. The molecule has 0 saturated carbocycles. The number of nitrogens with zero attached hydrogens (tertiary/aromatic N) is 4. The van der Waals surface area contributed by atoms with Crippen LogP contribution in [0.3, 0.4) is 0 Å². The summed E-state index contributed by atoms with van der Waals surface area (Å²) in [7, 11) is 0. The maximum Gasteiger partial charge on any atom is 0.148 e. The van der Waals surface area contributed by atoms with E-state index in [0.717, 1.165) is 60.0 Å². The first-order chi connectivity index (χ1) is 10.8. The number of H-pyrrole nitrogens is 1. The van der Waals surface area contributed by atoms with Gasteiger partial charge in [-0.05, 0) is 24.6 Å². The molecule has 3 aromatic rings. The second-order valence-corrected chi connectivity index (χ2v) is 5.42. The van der Waals surface area contributed by atoms with Gasteiger partial charge in [-0.2, -0.15) is 5.10 Å². The van der Waals surface area contributed by atoms with Crippen LogP contribution in [0.1, 0.15) is 5.69 Å². The van der Waals surface area contributed by atoms with Crippen LogP contribution >= 0.6 is 0 Å². The summed E-state index contributed by atoms with van der Waals surface area (Å²) in [6, 6.07) is 6.14. The van der Waals surface area contributed by atoms with Gasteiger partial charge in [-0.15, -0.1) is 0 Å². The van der Waals surface area contributed by atoms with Gasteiger partial charge in [0.15, 0.2) is 0 Å². The molecule has 4 rings (SSSR count). The van der Waals surface area contributed by atoms with Gasteiger partial charge >= 0.3 is 0 Å². The fraction of sp³-hybridized carbons (Fsp3) is 0.312. The fourth-order valence-corrected chi connectivity index (χ4v) is 2.76. The molecule has 0 bridgehead atoms. The SMILES string of the molecule is Cc1n[nH]cc1-c1ccc2ncc(N3CCOCC3)nc2c1. The summed E-state index contributed by atoms with van der Waals surface area (Å²) in [5.74, 6) is 0.914. The Morgan fingerprint density at radius 2 is 2.05 bits per heavy atom. The molecular formula is C16H17N5O. The van der Waals surface area contributed by atoms with E-state index in [-0.39, 0.29) is 0 Å². The molecule has 0 spiro atoms. The molecular weight excluding hydrogens is 278 g/mol. The lowest BCUT2D eigenvalue weighted by Crippen LogP contribution is -2.36. The van der Waals surface area contributed by atoms with Crippen LogP contribution in [-0.4, -0.2) is 46.5 Å². The third-order valence-electron chi connectivity index (χ3n) is 4.01. The number of aromatic nitrogens is 4. The average molecular weight is 295 g/mol. The standard InChI is InChI=1S/C16H17N5O/c1-11-13(9-18-20-11)12-2-3-14-15(8-12)19-16(10-17-14)21-4-6-22-7-5-21/h2-3,8-10H,4-7H2,1H3,(H,18,20). The van der Waals surface area contributed by atoms with E-state index >= 15 is 0 Å². The van der Waals surface area contributed by atoms with E-state index in [9.17, 15) is 0 Å². The summed E-state index contributed by atoms with van der Waals surface area (Å²) in [6.45, 7) is 5.20. The molecule has 1 aromatic carbocycles. The van der Waals surface area contributed by atoms with Gasteiger partial charge in [0.1, 0.15) is 5.82 Å². The van der Waals surface area contributed by atoms with Gasteiger partial charge in [0.2, 0.25) is 0 Å². The number of benzene rings is 1. The summed E-state index contributed by atoms with van der Waals surface area (Å²) < 4.78 is 5.39. The van der Waals surface area contributed by atoms with Gasteiger partial charge in [0.05, 0.1) is 36.1 Å². The van der Waals surface area contributed by atoms with Crippen molar-refractivity contribution in [2.75, 3.05) is 31.2 Å². The van der Waals surface area contributed by atoms with Crippen molar-refractivity contribution in [1.29, 1.82) is 0 Å². The van der Waals surface area contributed by atoms with Crippen LogP contribution in [0.2, 0.25) is 0 Å². The lowest BCUT2D eigenvalue weighted by atomic mass is 10.1. The maximum absolute atomic E-state index is 5.39. The molecule has 1 fully saturated rings. The second kappa shape index (κ2) is 5.38. The first-order valence-electron chi connectivity index (χ1n) is 7.41. The highest BCUT2D eigenvalue weighted by Gasteiger charge is 2.14. The Labute approximate surface area is 128 Å². The molecule has 6 nitrogen and oxygen atoms in total. The van der Waals surface area contributed by atoms with Crippen molar-refractivity contribution < 1.29 is 4.74 Å². The Morgan fingerprint density at radius 1 is 1.18 bits per heavy atom. The van der Waals surface area contributed by atoms with Gasteiger partial charge in [-0.1, -0.05) is 6.07 Å². The summed E-state index contributed by atoms with van der Waals surface area (Å²) in [5.41, 5.74) is 4.99. The van der Waals surface area contributed by atoms with Crippen LogP contribution < -0.4 is 4.90 Å². The zero-order valence-corrected chi connectivity index (χ0v) is 12.4. The molecule has 1 aliphatic rings. The van der Waals surface area contributed by atoms with E-state index in [0.29, 0.717) is 0 Å². The monoisotopic (exact) mass is 295 g/mol. The molecule has 22 heavy (non-hydrogen) atoms. The minimum absolute atomic E-state index is 0.744. The van der Waals surface area contributed by atoms with Crippen LogP contribution in [0.5, 0.6) is 0 Å². The molecule has 0 radical (unpaired) electrons. The quantitative estimate of drug-likeness (QED) is 0.785. The van der Waals surface area contributed by atoms with Crippen molar-refractivity contribution in [3.8, 4) is 11.1 Å².